The normalized spacial score (nSPS) is 12.6. The van der Waals surface area contributed by atoms with Gasteiger partial charge in [-0.1, -0.05) is 32.1 Å². The fraction of sp³-hybridized carbons (Fsp3) is 0.500. The van der Waals surface area contributed by atoms with Crippen LogP contribution in [0.2, 0.25) is 0 Å². The molecule has 1 aromatic carbocycles. The Kier molecular flexibility index (Phi) is 5.07. The minimum atomic E-state index is -0.217. The molecule has 1 atom stereocenters. The minimum absolute atomic E-state index is 0.189. The number of benzene rings is 1. The number of aryl methyl sites for hydroxylation is 1. The van der Waals surface area contributed by atoms with Crippen LogP contribution in [0.15, 0.2) is 18.2 Å². The molecule has 2 rings (SSSR count). The third-order valence-electron chi connectivity index (χ3n) is 3.72. The monoisotopic (exact) mass is 290 g/mol. The number of halogens is 1. The molecule has 0 bridgehead atoms. The minimum Gasteiger partial charge on any atom is -0.309 e. The van der Waals surface area contributed by atoms with Crippen molar-refractivity contribution >= 4 is 0 Å². The Bertz CT molecular complexity index is 606. The molecule has 0 aliphatic carbocycles. The molecule has 1 aromatic heterocycles. The first-order valence-electron chi connectivity index (χ1n) is 7.56. The van der Waals surface area contributed by atoms with E-state index >= 15 is 0 Å². The molecule has 0 spiro atoms. The second-order valence-corrected chi connectivity index (χ2v) is 5.14. The van der Waals surface area contributed by atoms with Gasteiger partial charge >= 0.3 is 0 Å². The topological polar surface area (TPSA) is 42.7 Å². The van der Waals surface area contributed by atoms with E-state index in [9.17, 15) is 4.39 Å². The lowest BCUT2D eigenvalue weighted by molar-refractivity contribution is 0.520. The van der Waals surface area contributed by atoms with Gasteiger partial charge in [0.2, 0.25) is 0 Å². The van der Waals surface area contributed by atoms with E-state index in [4.69, 9.17) is 0 Å². The molecule has 0 fully saturated rings. The summed E-state index contributed by atoms with van der Waals surface area (Å²) in [5.74, 6) is -0.217. The largest absolute Gasteiger partial charge is 0.309 e. The van der Waals surface area contributed by atoms with E-state index in [0.29, 0.717) is 5.56 Å². The summed E-state index contributed by atoms with van der Waals surface area (Å²) in [4.78, 5) is 0. The van der Waals surface area contributed by atoms with Crippen LogP contribution in [0.25, 0.3) is 5.69 Å². The van der Waals surface area contributed by atoms with Crippen molar-refractivity contribution in [2.45, 2.75) is 46.6 Å². The van der Waals surface area contributed by atoms with Crippen molar-refractivity contribution in [3.05, 3.63) is 41.0 Å². The highest BCUT2D eigenvalue weighted by atomic mass is 19.1. The molecular weight excluding hydrogens is 267 g/mol. The summed E-state index contributed by atoms with van der Waals surface area (Å²) in [6, 6.07) is 5.35. The van der Waals surface area contributed by atoms with Crippen LogP contribution in [0.4, 0.5) is 4.39 Å². The summed E-state index contributed by atoms with van der Waals surface area (Å²) < 4.78 is 15.5. The smallest absolute Gasteiger partial charge is 0.128 e. The Morgan fingerprint density at radius 2 is 2.05 bits per heavy atom. The molecule has 0 radical (unpaired) electrons. The number of nitrogens with one attached hydrogen (secondary N) is 1. The first-order valence-corrected chi connectivity index (χ1v) is 7.56. The zero-order valence-corrected chi connectivity index (χ0v) is 13.2. The fourth-order valence-corrected chi connectivity index (χ4v) is 2.52. The van der Waals surface area contributed by atoms with Gasteiger partial charge in [0, 0.05) is 0 Å². The van der Waals surface area contributed by atoms with Crippen molar-refractivity contribution in [3.8, 4) is 5.69 Å². The molecule has 0 saturated carbocycles. The lowest BCUT2D eigenvalue weighted by atomic mass is 10.1. The summed E-state index contributed by atoms with van der Waals surface area (Å²) in [6.45, 7) is 8.91. The molecule has 0 amide bonds. The van der Waals surface area contributed by atoms with Crippen LogP contribution in [0.3, 0.4) is 0 Å². The molecule has 1 heterocycles. The van der Waals surface area contributed by atoms with Gasteiger partial charge in [0.25, 0.3) is 0 Å². The van der Waals surface area contributed by atoms with Crippen molar-refractivity contribution in [1.82, 2.24) is 20.3 Å². The molecular formula is C16H23FN4. The van der Waals surface area contributed by atoms with Crippen LogP contribution in [0.5, 0.6) is 0 Å². The Morgan fingerprint density at radius 1 is 1.29 bits per heavy atom. The maximum Gasteiger partial charge on any atom is 0.128 e. The van der Waals surface area contributed by atoms with Gasteiger partial charge < -0.3 is 5.32 Å². The first kappa shape index (κ1) is 15.6. The highest BCUT2D eigenvalue weighted by Gasteiger charge is 2.19. The molecule has 0 aliphatic rings. The molecule has 1 unspecified atom stereocenters. The number of aromatic nitrogens is 3. The third-order valence-corrected chi connectivity index (χ3v) is 3.72. The van der Waals surface area contributed by atoms with Gasteiger partial charge in [0.05, 0.1) is 17.4 Å². The van der Waals surface area contributed by atoms with E-state index in [-0.39, 0.29) is 11.9 Å². The molecule has 0 saturated heterocycles. The van der Waals surface area contributed by atoms with Crippen LogP contribution >= 0.6 is 0 Å². The zero-order chi connectivity index (χ0) is 15.4. The summed E-state index contributed by atoms with van der Waals surface area (Å²) >= 11 is 0. The van der Waals surface area contributed by atoms with E-state index in [1.807, 2.05) is 6.07 Å². The fourth-order valence-electron chi connectivity index (χ4n) is 2.52. The van der Waals surface area contributed by atoms with E-state index in [1.165, 1.54) is 6.07 Å². The number of hydrogen-bond acceptors (Lipinski definition) is 3. The third kappa shape index (κ3) is 3.13. The molecule has 4 nitrogen and oxygen atoms in total. The summed E-state index contributed by atoms with van der Waals surface area (Å²) in [5.41, 5.74) is 3.35. The summed E-state index contributed by atoms with van der Waals surface area (Å²) in [6.07, 6.45) is 1.75. The van der Waals surface area contributed by atoms with Crippen molar-refractivity contribution in [1.29, 1.82) is 0 Å². The van der Waals surface area contributed by atoms with E-state index in [0.717, 1.165) is 36.5 Å². The van der Waals surface area contributed by atoms with E-state index < -0.39 is 0 Å². The van der Waals surface area contributed by atoms with Crippen LogP contribution < -0.4 is 5.32 Å². The lowest BCUT2D eigenvalue weighted by Gasteiger charge is -2.15. The number of hydrogen-bond donors (Lipinski definition) is 1. The SMILES string of the molecule is CCNC(CC)c1nnn(-c2ccc(C)c(F)c2)c1CC. The van der Waals surface area contributed by atoms with Gasteiger partial charge in [0.15, 0.2) is 0 Å². The second kappa shape index (κ2) is 6.80. The molecule has 21 heavy (non-hydrogen) atoms. The van der Waals surface area contributed by atoms with Gasteiger partial charge in [-0.3, -0.25) is 0 Å². The zero-order valence-electron chi connectivity index (χ0n) is 13.2. The number of rotatable bonds is 6. The standard InChI is InChI=1S/C16H23FN4/c1-5-14(18-7-3)16-15(6-2)21(20-19-16)12-9-8-11(4)13(17)10-12/h8-10,14,18H,5-7H2,1-4H3. The van der Waals surface area contributed by atoms with E-state index in [2.05, 4.69) is 36.4 Å². The Morgan fingerprint density at radius 3 is 2.62 bits per heavy atom. The molecule has 0 aliphatic heterocycles. The lowest BCUT2D eigenvalue weighted by Crippen LogP contribution is -2.21. The first-order chi connectivity index (χ1) is 10.1. The maximum absolute atomic E-state index is 13.8. The predicted octanol–water partition coefficient (Wildman–Crippen LogP) is 3.34. The highest BCUT2D eigenvalue weighted by Crippen LogP contribution is 2.22. The van der Waals surface area contributed by atoms with Crippen LogP contribution in [-0.4, -0.2) is 21.5 Å². The highest BCUT2D eigenvalue weighted by molar-refractivity contribution is 5.37. The molecule has 2 aromatic rings. The van der Waals surface area contributed by atoms with Gasteiger partial charge in [-0.05, 0) is 44.0 Å². The van der Waals surface area contributed by atoms with Gasteiger partial charge in [-0.15, -0.1) is 5.10 Å². The Hall–Kier alpha value is -1.75. The molecule has 5 heteroatoms. The van der Waals surface area contributed by atoms with Crippen molar-refractivity contribution in [2.75, 3.05) is 6.54 Å². The van der Waals surface area contributed by atoms with E-state index in [1.54, 1.807) is 17.7 Å². The van der Waals surface area contributed by atoms with Crippen LogP contribution in [0, 0.1) is 12.7 Å². The van der Waals surface area contributed by atoms with Gasteiger partial charge in [-0.2, -0.15) is 0 Å². The summed E-state index contributed by atoms with van der Waals surface area (Å²) in [5, 5.41) is 12.0. The van der Waals surface area contributed by atoms with Gasteiger partial charge in [0.1, 0.15) is 11.5 Å². The Balaban J connectivity index is 2.45. The second-order valence-electron chi connectivity index (χ2n) is 5.14. The van der Waals surface area contributed by atoms with Crippen molar-refractivity contribution in [2.24, 2.45) is 0 Å². The molecule has 1 N–H and O–H groups in total. The van der Waals surface area contributed by atoms with Crippen molar-refractivity contribution in [3.63, 3.8) is 0 Å². The Labute approximate surface area is 125 Å². The van der Waals surface area contributed by atoms with Gasteiger partial charge in [-0.25, -0.2) is 9.07 Å². The summed E-state index contributed by atoms with van der Waals surface area (Å²) in [7, 11) is 0. The van der Waals surface area contributed by atoms with Crippen molar-refractivity contribution < 1.29 is 4.39 Å². The molecule has 114 valence electrons. The average Bonchev–Trinajstić information content (AvgIpc) is 2.91. The average molecular weight is 290 g/mol. The maximum atomic E-state index is 13.8. The quantitative estimate of drug-likeness (QED) is 0.887. The predicted molar refractivity (Wildman–Crippen MR) is 82.1 cm³/mol. The number of nitrogens with zero attached hydrogens (tertiary/aromatic N) is 3. The van der Waals surface area contributed by atoms with Crippen LogP contribution in [-0.2, 0) is 6.42 Å². The van der Waals surface area contributed by atoms with Crippen LogP contribution in [0.1, 0.15) is 50.2 Å².